The van der Waals surface area contributed by atoms with Crippen molar-refractivity contribution >= 4 is 5.97 Å². The van der Waals surface area contributed by atoms with Crippen LogP contribution in [0.25, 0.3) is 11.1 Å². The first-order valence-corrected chi connectivity index (χ1v) is 12.3. The van der Waals surface area contributed by atoms with Crippen molar-refractivity contribution in [2.45, 2.75) is 73.0 Å². The maximum Gasteiger partial charge on any atom is 0.348 e. The van der Waals surface area contributed by atoms with Crippen LogP contribution in [0.15, 0.2) is 16.9 Å². The first-order valence-electron chi connectivity index (χ1n) is 12.3. The summed E-state index contributed by atoms with van der Waals surface area (Å²) in [6.45, 7) is 10.7. The van der Waals surface area contributed by atoms with Gasteiger partial charge in [0.2, 0.25) is 5.88 Å². The smallest absolute Gasteiger partial charge is 0.348 e. The van der Waals surface area contributed by atoms with E-state index in [2.05, 4.69) is 38.0 Å². The van der Waals surface area contributed by atoms with Gasteiger partial charge in [0.1, 0.15) is 11.1 Å². The van der Waals surface area contributed by atoms with Gasteiger partial charge >= 0.3 is 5.97 Å². The standard InChI is InChI=1S/C26H32N4O4/c1-5-18-14-16(3)15-19(6-2)22(18)23-24(31)29-10-12-33-13-11-30(29)25(23)34-26(32)21-17(4)27-28-9-7-8-20(21)28/h14-15H,5-13H2,1-4H3. The Labute approximate surface area is 199 Å². The second kappa shape index (κ2) is 8.91. The van der Waals surface area contributed by atoms with Crippen molar-refractivity contribution in [3.05, 3.63) is 56.1 Å². The number of hydrogen-bond donors (Lipinski definition) is 0. The molecule has 0 bridgehead atoms. The quantitative estimate of drug-likeness (QED) is 0.541. The third-order valence-corrected chi connectivity index (χ3v) is 6.95. The molecule has 8 nitrogen and oxygen atoms in total. The highest BCUT2D eigenvalue weighted by atomic mass is 16.5. The molecule has 2 aromatic heterocycles. The number of esters is 1. The molecule has 180 valence electrons. The highest BCUT2D eigenvalue weighted by Crippen LogP contribution is 2.36. The highest BCUT2D eigenvalue weighted by Gasteiger charge is 2.32. The van der Waals surface area contributed by atoms with Crippen LogP contribution >= 0.6 is 0 Å². The maximum atomic E-state index is 13.8. The summed E-state index contributed by atoms with van der Waals surface area (Å²) in [6.07, 6.45) is 3.33. The zero-order chi connectivity index (χ0) is 24.0. The third kappa shape index (κ3) is 3.60. The Morgan fingerprint density at radius 3 is 2.38 bits per heavy atom. The van der Waals surface area contributed by atoms with Gasteiger partial charge in [0.15, 0.2) is 0 Å². The number of carbonyl (C=O) groups excluding carboxylic acids is 1. The lowest BCUT2D eigenvalue weighted by molar-refractivity contribution is 0.0712. The van der Waals surface area contributed by atoms with E-state index in [1.54, 1.807) is 9.36 Å². The summed E-state index contributed by atoms with van der Waals surface area (Å²) < 4.78 is 17.1. The molecule has 0 saturated heterocycles. The molecule has 0 unspecified atom stereocenters. The molecule has 0 fully saturated rings. The van der Waals surface area contributed by atoms with Crippen LogP contribution in [0.5, 0.6) is 5.88 Å². The van der Waals surface area contributed by atoms with Gasteiger partial charge in [-0.25, -0.2) is 14.2 Å². The molecule has 3 aromatic rings. The van der Waals surface area contributed by atoms with Gasteiger partial charge in [0, 0.05) is 6.54 Å². The van der Waals surface area contributed by atoms with Gasteiger partial charge in [-0.05, 0) is 56.2 Å². The summed E-state index contributed by atoms with van der Waals surface area (Å²) in [5.41, 5.74) is 6.69. The lowest BCUT2D eigenvalue weighted by atomic mass is 9.91. The van der Waals surface area contributed by atoms with E-state index in [1.165, 1.54) is 0 Å². The van der Waals surface area contributed by atoms with Crippen molar-refractivity contribution in [1.82, 2.24) is 19.1 Å². The van der Waals surface area contributed by atoms with E-state index in [1.807, 2.05) is 11.6 Å². The molecule has 4 heterocycles. The molecule has 34 heavy (non-hydrogen) atoms. The van der Waals surface area contributed by atoms with Gasteiger partial charge in [-0.2, -0.15) is 5.10 Å². The van der Waals surface area contributed by atoms with Crippen molar-refractivity contribution in [2.24, 2.45) is 0 Å². The average Bonchev–Trinajstić information content (AvgIpc) is 3.37. The molecule has 0 amide bonds. The zero-order valence-electron chi connectivity index (χ0n) is 20.4. The molecule has 0 N–H and O–H groups in total. The first-order chi connectivity index (χ1) is 16.4. The van der Waals surface area contributed by atoms with E-state index in [9.17, 15) is 9.59 Å². The van der Waals surface area contributed by atoms with Crippen LogP contribution < -0.4 is 10.3 Å². The van der Waals surface area contributed by atoms with E-state index in [4.69, 9.17) is 9.47 Å². The number of aryl methyl sites for hydroxylation is 5. The minimum Gasteiger partial charge on any atom is -0.403 e. The maximum absolute atomic E-state index is 13.8. The van der Waals surface area contributed by atoms with Crippen LogP contribution in [0.2, 0.25) is 0 Å². The molecule has 2 aliphatic heterocycles. The van der Waals surface area contributed by atoms with E-state index >= 15 is 0 Å². The van der Waals surface area contributed by atoms with Crippen LogP contribution in [-0.2, 0) is 43.6 Å². The minimum atomic E-state index is -0.448. The van der Waals surface area contributed by atoms with Crippen molar-refractivity contribution < 1.29 is 14.3 Å². The molecular formula is C26H32N4O4. The van der Waals surface area contributed by atoms with Crippen LogP contribution in [0.3, 0.4) is 0 Å². The number of rotatable bonds is 5. The van der Waals surface area contributed by atoms with Gasteiger partial charge in [0.25, 0.3) is 5.56 Å². The molecule has 2 aliphatic rings. The number of ether oxygens (including phenoxy) is 2. The summed E-state index contributed by atoms with van der Waals surface area (Å²) >= 11 is 0. The number of carbonyl (C=O) groups is 1. The molecule has 0 spiro atoms. The fourth-order valence-corrected chi connectivity index (χ4v) is 5.42. The highest BCUT2D eigenvalue weighted by molar-refractivity contribution is 5.94. The van der Waals surface area contributed by atoms with Crippen molar-refractivity contribution in [3.63, 3.8) is 0 Å². The molecular weight excluding hydrogens is 432 g/mol. The van der Waals surface area contributed by atoms with E-state index in [-0.39, 0.29) is 5.56 Å². The molecule has 0 radical (unpaired) electrons. The minimum absolute atomic E-state index is 0.140. The molecule has 8 heteroatoms. The summed E-state index contributed by atoms with van der Waals surface area (Å²) in [7, 11) is 0. The van der Waals surface area contributed by atoms with Gasteiger partial charge in [-0.1, -0.05) is 31.5 Å². The van der Waals surface area contributed by atoms with Gasteiger partial charge in [-0.3, -0.25) is 9.48 Å². The predicted octanol–water partition coefficient (Wildman–Crippen LogP) is 3.45. The Morgan fingerprint density at radius 1 is 1.03 bits per heavy atom. The molecule has 0 atom stereocenters. The monoisotopic (exact) mass is 464 g/mol. The summed E-state index contributed by atoms with van der Waals surface area (Å²) in [5, 5.41) is 4.53. The van der Waals surface area contributed by atoms with Gasteiger partial charge in [-0.15, -0.1) is 0 Å². The Kier molecular flexibility index (Phi) is 5.93. The molecule has 5 rings (SSSR count). The predicted molar refractivity (Wildman–Crippen MR) is 129 cm³/mol. The Bertz CT molecular complexity index is 1300. The normalized spacial score (nSPS) is 15.2. The topological polar surface area (TPSA) is 80.3 Å². The van der Waals surface area contributed by atoms with Crippen molar-refractivity contribution in [1.29, 1.82) is 0 Å². The number of hydrogen-bond acceptors (Lipinski definition) is 5. The largest absolute Gasteiger partial charge is 0.403 e. The number of fused-ring (bicyclic) bond motifs is 2. The zero-order valence-corrected chi connectivity index (χ0v) is 20.4. The molecule has 1 aromatic carbocycles. The lowest BCUT2D eigenvalue weighted by Gasteiger charge is -2.16. The van der Waals surface area contributed by atoms with Crippen LogP contribution in [0.1, 0.15) is 58.7 Å². The van der Waals surface area contributed by atoms with Gasteiger partial charge < -0.3 is 9.47 Å². The number of nitrogens with zero attached hydrogens (tertiary/aromatic N) is 4. The van der Waals surface area contributed by atoms with E-state index < -0.39 is 5.97 Å². The van der Waals surface area contributed by atoms with Crippen LogP contribution in [0.4, 0.5) is 0 Å². The van der Waals surface area contributed by atoms with Crippen molar-refractivity contribution in [2.75, 3.05) is 13.2 Å². The second-order valence-electron chi connectivity index (χ2n) is 9.13. The number of benzene rings is 1. The Hall–Kier alpha value is -3.13. The second-order valence-corrected chi connectivity index (χ2v) is 9.13. The molecule has 0 aliphatic carbocycles. The summed E-state index contributed by atoms with van der Waals surface area (Å²) in [6, 6.07) is 4.26. The first kappa shape index (κ1) is 22.7. The fourth-order valence-electron chi connectivity index (χ4n) is 5.42. The Morgan fingerprint density at radius 2 is 1.71 bits per heavy atom. The van der Waals surface area contributed by atoms with Crippen LogP contribution in [0, 0.1) is 13.8 Å². The van der Waals surface area contributed by atoms with Gasteiger partial charge in [0.05, 0.1) is 37.7 Å². The lowest BCUT2D eigenvalue weighted by Crippen LogP contribution is -2.24. The summed E-state index contributed by atoms with van der Waals surface area (Å²) in [4.78, 5) is 27.4. The summed E-state index contributed by atoms with van der Waals surface area (Å²) in [5.74, 6) is -0.137. The van der Waals surface area contributed by atoms with E-state index in [0.29, 0.717) is 49.0 Å². The number of aromatic nitrogens is 4. The van der Waals surface area contributed by atoms with Crippen LogP contribution in [-0.4, -0.2) is 38.3 Å². The fraction of sp³-hybridized carbons (Fsp3) is 0.500. The van der Waals surface area contributed by atoms with E-state index in [0.717, 1.165) is 60.2 Å². The van der Waals surface area contributed by atoms with Crippen molar-refractivity contribution in [3.8, 4) is 17.0 Å². The average molecular weight is 465 g/mol. The SMILES string of the molecule is CCc1cc(C)cc(CC)c1-c1c(OC(=O)c2c(C)nn3c2CCC3)n2n(c1=O)CCOCC2. The Balaban J connectivity index is 1.71. The third-order valence-electron chi connectivity index (χ3n) is 6.95. The molecule has 0 saturated carbocycles.